The lowest BCUT2D eigenvalue weighted by molar-refractivity contribution is -0.0885. The zero-order chi connectivity index (χ0) is 17.0. The van der Waals surface area contributed by atoms with E-state index in [2.05, 4.69) is 11.8 Å². The number of nitrogens with zero attached hydrogens (tertiary/aromatic N) is 2. The SMILES string of the molecule is CCCN1CCC(c2cccc(C(=O)C(F)(F)F)c2C#N)CC1. The van der Waals surface area contributed by atoms with Crippen LogP contribution in [0.1, 0.15) is 53.6 Å². The number of ketones is 1. The molecule has 0 aromatic heterocycles. The van der Waals surface area contributed by atoms with E-state index in [1.807, 2.05) is 6.07 Å². The van der Waals surface area contributed by atoms with E-state index in [-0.39, 0.29) is 11.5 Å². The van der Waals surface area contributed by atoms with Gasteiger partial charge in [-0.2, -0.15) is 18.4 Å². The zero-order valence-corrected chi connectivity index (χ0v) is 13.0. The Morgan fingerprint density at radius 2 is 2.00 bits per heavy atom. The van der Waals surface area contributed by atoms with Gasteiger partial charge < -0.3 is 4.90 Å². The highest BCUT2D eigenvalue weighted by Crippen LogP contribution is 2.33. The van der Waals surface area contributed by atoms with Gasteiger partial charge in [-0.05, 0) is 56.4 Å². The van der Waals surface area contributed by atoms with E-state index < -0.39 is 17.5 Å². The summed E-state index contributed by atoms with van der Waals surface area (Å²) in [6, 6.07) is 6.01. The van der Waals surface area contributed by atoms with Crippen molar-refractivity contribution in [1.29, 1.82) is 5.26 Å². The summed E-state index contributed by atoms with van der Waals surface area (Å²) in [5.41, 5.74) is -0.0870. The third-order valence-corrected chi connectivity index (χ3v) is 4.28. The molecule has 3 nitrogen and oxygen atoms in total. The predicted molar refractivity (Wildman–Crippen MR) is 80.2 cm³/mol. The van der Waals surface area contributed by atoms with Crippen LogP contribution in [0.3, 0.4) is 0 Å². The molecular weight excluding hydrogens is 305 g/mol. The number of carbonyl (C=O) groups is 1. The number of alkyl halides is 3. The van der Waals surface area contributed by atoms with Crippen LogP contribution in [0.5, 0.6) is 0 Å². The second-order valence-corrected chi connectivity index (χ2v) is 5.82. The Morgan fingerprint density at radius 1 is 1.35 bits per heavy atom. The Hall–Kier alpha value is -1.87. The van der Waals surface area contributed by atoms with E-state index in [9.17, 15) is 23.2 Å². The monoisotopic (exact) mass is 324 g/mol. The Labute approximate surface area is 133 Å². The van der Waals surface area contributed by atoms with Crippen LogP contribution in [0.25, 0.3) is 0 Å². The maximum absolute atomic E-state index is 12.7. The fraction of sp³-hybridized carbons (Fsp3) is 0.529. The van der Waals surface area contributed by atoms with Gasteiger partial charge in [0.2, 0.25) is 0 Å². The topological polar surface area (TPSA) is 44.1 Å². The summed E-state index contributed by atoms with van der Waals surface area (Å²) >= 11 is 0. The number of hydrogen-bond acceptors (Lipinski definition) is 3. The molecule has 0 saturated carbocycles. The van der Waals surface area contributed by atoms with Gasteiger partial charge in [-0.25, -0.2) is 0 Å². The highest BCUT2D eigenvalue weighted by Gasteiger charge is 2.41. The van der Waals surface area contributed by atoms with Crippen molar-refractivity contribution in [1.82, 2.24) is 4.90 Å². The number of likely N-dealkylation sites (tertiary alicyclic amines) is 1. The molecule has 0 aliphatic carbocycles. The van der Waals surface area contributed by atoms with Crippen molar-refractivity contribution in [2.24, 2.45) is 0 Å². The molecule has 1 aliphatic rings. The van der Waals surface area contributed by atoms with E-state index in [1.165, 1.54) is 6.07 Å². The molecule has 1 heterocycles. The second-order valence-electron chi connectivity index (χ2n) is 5.82. The standard InChI is InChI=1S/C17H19F3N2O/c1-2-8-22-9-6-12(7-10-22)13-4-3-5-14(15(13)11-21)16(23)17(18,19)20/h3-5,12H,2,6-10H2,1H3. The summed E-state index contributed by atoms with van der Waals surface area (Å²) in [4.78, 5) is 13.8. The molecule has 6 heteroatoms. The molecule has 1 saturated heterocycles. The van der Waals surface area contributed by atoms with E-state index in [0.29, 0.717) is 5.56 Å². The smallest absolute Gasteiger partial charge is 0.303 e. The summed E-state index contributed by atoms with van der Waals surface area (Å²) in [5.74, 6) is -1.92. The molecule has 0 atom stereocenters. The quantitative estimate of drug-likeness (QED) is 0.789. The minimum Gasteiger partial charge on any atom is -0.303 e. The number of Topliss-reactive ketones (excluding diaryl/α,β-unsaturated/α-hetero) is 1. The van der Waals surface area contributed by atoms with Gasteiger partial charge in [-0.3, -0.25) is 4.79 Å². The number of rotatable bonds is 4. The fourth-order valence-corrected chi connectivity index (χ4v) is 3.16. The first-order chi connectivity index (χ1) is 10.9. The van der Waals surface area contributed by atoms with Gasteiger partial charge in [0.25, 0.3) is 5.78 Å². The van der Waals surface area contributed by atoms with Crippen LogP contribution in [-0.2, 0) is 0 Å². The Bertz CT molecular complexity index is 611. The van der Waals surface area contributed by atoms with E-state index in [0.717, 1.165) is 45.0 Å². The molecule has 0 spiro atoms. The van der Waals surface area contributed by atoms with Crippen LogP contribution in [0.15, 0.2) is 18.2 Å². The predicted octanol–water partition coefficient (Wildman–Crippen LogP) is 3.89. The second kappa shape index (κ2) is 7.14. The molecule has 0 amide bonds. The van der Waals surface area contributed by atoms with Gasteiger partial charge in [0, 0.05) is 5.56 Å². The Kier molecular flexibility index (Phi) is 5.42. The van der Waals surface area contributed by atoms with Crippen molar-refractivity contribution in [3.63, 3.8) is 0 Å². The van der Waals surface area contributed by atoms with Crippen LogP contribution in [0, 0.1) is 11.3 Å². The van der Waals surface area contributed by atoms with E-state index in [1.54, 1.807) is 6.07 Å². The van der Waals surface area contributed by atoms with Crippen LogP contribution in [-0.4, -0.2) is 36.5 Å². The summed E-state index contributed by atoms with van der Waals surface area (Å²) in [6.45, 7) is 4.83. The first kappa shape index (κ1) is 17.5. The molecule has 0 radical (unpaired) electrons. The largest absolute Gasteiger partial charge is 0.454 e. The molecule has 2 rings (SSSR count). The molecule has 1 aliphatic heterocycles. The Balaban J connectivity index is 2.28. The minimum absolute atomic E-state index is 0.0266. The van der Waals surface area contributed by atoms with Gasteiger partial charge in [-0.15, -0.1) is 0 Å². The summed E-state index contributed by atoms with van der Waals surface area (Å²) < 4.78 is 38.1. The van der Waals surface area contributed by atoms with Crippen molar-refractivity contribution in [3.05, 3.63) is 34.9 Å². The van der Waals surface area contributed by atoms with Gasteiger partial charge in [0.1, 0.15) is 6.07 Å². The van der Waals surface area contributed by atoms with Gasteiger partial charge in [0.05, 0.1) is 5.56 Å². The summed E-state index contributed by atoms with van der Waals surface area (Å²) in [6.07, 6.45) is -2.32. The number of benzene rings is 1. The lowest BCUT2D eigenvalue weighted by Gasteiger charge is -2.32. The fourth-order valence-electron chi connectivity index (χ4n) is 3.16. The molecule has 0 unspecified atom stereocenters. The number of carbonyl (C=O) groups excluding carboxylic acids is 1. The molecule has 0 bridgehead atoms. The maximum Gasteiger partial charge on any atom is 0.454 e. The number of piperidine rings is 1. The maximum atomic E-state index is 12.7. The van der Waals surface area contributed by atoms with Crippen LogP contribution < -0.4 is 0 Å². The number of hydrogen-bond donors (Lipinski definition) is 0. The van der Waals surface area contributed by atoms with Crippen LogP contribution in [0.4, 0.5) is 13.2 Å². The Morgan fingerprint density at radius 3 is 2.52 bits per heavy atom. The normalized spacial score (nSPS) is 17.0. The minimum atomic E-state index is -4.96. The third-order valence-electron chi connectivity index (χ3n) is 4.28. The molecular formula is C17H19F3N2O. The van der Waals surface area contributed by atoms with Crippen molar-refractivity contribution >= 4 is 5.78 Å². The number of halogens is 3. The van der Waals surface area contributed by atoms with Crippen molar-refractivity contribution in [2.45, 2.75) is 38.3 Å². The number of nitriles is 1. The highest BCUT2D eigenvalue weighted by molar-refractivity contribution is 6.02. The van der Waals surface area contributed by atoms with E-state index in [4.69, 9.17) is 0 Å². The average Bonchev–Trinajstić information content (AvgIpc) is 2.53. The first-order valence-corrected chi connectivity index (χ1v) is 7.75. The van der Waals surface area contributed by atoms with Crippen molar-refractivity contribution in [3.8, 4) is 6.07 Å². The van der Waals surface area contributed by atoms with Crippen molar-refractivity contribution < 1.29 is 18.0 Å². The van der Waals surface area contributed by atoms with Gasteiger partial charge in [-0.1, -0.05) is 19.1 Å². The van der Waals surface area contributed by atoms with E-state index >= 15 is 0 Å². The lowest BCUT2D eigenvalue weighted by Crippen LogP contribution is -2.33. The first-order valence-electron chi connectivity index (χ1n) is 7.75. The lowest BCUT2D eigenvalue weighted by atomic mass is 9.84. The molecule has 124 valence electrons. The van der Waals surface area contributed by atoms with Crippen LogP contribution in [0.2, 0.25) is 0 Å². The molecule has 23 heavy (non-hydrogen) atoms. The zero-order valence-electron chi connectivity index (χ0n) is 13.0. The highest BCUT2D eigenvalue weighted by atomic mass is 19.4. The molecule has 0 N–H and O–H groups in total. The average molecular weight is 324 g/mol. The van der Waals surface area contributed by atoms with Crippen LogP contribution >= 0.6 is 0 Å². The third kappa shape index (κ3) is 3.91. The summed E-state index contributed by atoms with van der Waals surface area (Å²) in [5, 5.41) is 9.30. The summed E-state index contributed by atoms with van der Waals surface area (Å²) in [7, 11) is 0. The van der Waals surface area contributed by atoms with Gasteiger partial charge >= 0.3 is 6.18 Å². The molecule has 1 fully saturated rings. The molecule has 1 aromatic rings. The van der Waals surface area contributed by atoms with Gasteiger partial charge in [0.15, 0.2) is 0 Å². The van der Waals surface area contributed by atoms with Crippen molar-refractivity contribution in [2.75, 3.05) is 19.6 Å². The molecule has 1 aromatic carbocycles.